The molecule has 18 heavy (non-hydrogen) atoms. The zero-order valence-corrected chi connectivity index (χ0v) is 13.1. The molecular weight excluding hydrogens is 268 g/mol. The van der Waals surface area contributed by atoms with Gasteiger partial charge in [-0.3, -0.25) is 0 Å². The number of rotatable bonds is 7. The van der Waals surface area contributed by atoms with Crippen LogP contribution in [0, 0.1) is 5.92 Å². The molecule has 0 aliphatic rings. The zero-order valence-electron chi connectivity index (χ0n) is 11.4. The third-order valence-corrected chi connectivity index (χ3v) is 5.95. The molecule has 0 aliphatic carbocycles. The summed E-state index contributed by atoms with van der Waals surface area (Å²) in [7, 11) is 0.124. The van der Waals surface area contributed by atoms with E-state index >= 15 is 0 Å². The molecule has 6 heteroatoms. The van der Waals surface area contributed by atoms with Gasteiger partial charge in [0.2, 0.25) is 10.0 Å². The summed E-state index contributed by atoms with van der Waals surface area (Å²) >= 11 is 1.47. The summed E-state index contributed by atoms with van der Waals surface area (Å²) < 4.78 is 26.4. The Balaban J connectivity index is 2.94. The highest BCUT2D eigenvalue weighted by atomic mass is 32.2. The molecule has 0 fully saturated rings. The van der Waals surface area contributed by atoms with E-state index in [2.05, 4.69) is 19.2 Å². The predicted octanol–water partition coefficient (Wildman–Crippen LogP) is 2.13. The van der Waals surface area contributed by atoms with Crippen molar-refractivity contribution in [3.05, 3.63) is 16.3 Å². The minimum absolute atomic E-state index is 0.371. The summed E-state index contributed by atoms with van der Waals surface area (Å²) in [5, 5.41) is 4.83. The van der Waals surface area contributed by atoms with Gasteiger partial charge in [-0.05, 0) is 24.4 Å². The Morgan fingerprint density at radius 2 is 2.17 bits per heavy atom. The van der Waals surface area contributed by atoms with Gasteiger partial charge in [0, 0.05) is 25.0 Å². The fourth-order valence-corrected chi connectivity index (χ4v) is 4.40. The highest BCUT2D eigenvalue weighted by Crippen LogP contribution is 2.25. The SMILES string of the molecule is CCC(C)CN(C)S(=O)(=O)c1ccsc1CNC. The van der Waals surface area contributed by atoms with Crippen molar-refractivity contribution in [1.82, 2.24) is 9.62 Å². The van der Waals surface area contributed by atoms with Crippen LogP contribution in [0.4, 0.5) is 0 Å². The van der Waals surface area contributed by atoms with Crippen LogP contribution in [-0.2, 0) is 16.6 Å². The number of sulfonamides is 1. The van der Waals surface area contributed by atoms with E-state index in [9.17, 15) is 8.42 Å². The largest absolute Gasteiger partial charge is 0.315 e. The van der Waals surface area contributed by atoms with Crippen LogP contribution in [-0.4, -0.2) is 33.4 Å². The molecule has 104 valence electrons. The minimum Gasteiger partial charge on any atom is -0.315 e. The number of hydrogen-bond acceptors (Lipinski definition) is 4. The van der Waals surface area contributed by atoms with Gasteiger partial charge in [-0.2, -0.15) is 0 Å². The molecule has 1 N–H and O–H groups in total. The van der Waals surface area contributed by atoms with Gasteiger partial charge >= 0.3 is 0 Å². The van der Waals surface area contributed by atoms with Gasteiger partial charge in [-0.15, -0.1) is 11.3 Å². The van der Waals surface area contributed by atoms with Gasteiger partial charge < -0.3 is 5.32 Å². The van der Waals surface area contributed by atoms with Crippen LogP contribution < -0.4 is 5.32 Å². The summed E-state index contributed by atoms with van der Waals surface area (Å²) in [6.07, 6.45) is 0.979. The monoisotopic (exact) mass is 290 g/mol. The van der Waals surface area contributed by atoms with Crippen molar-refractivity contribution in [3.8, 4) is 0 Å². The molecule has 1 aromatic heterocycles. The van der Waals surface area contributed by atoms with Crippen molar-refractivity contribution < 1.29 is 8.42 Å². The van der Waals surface area contributed by atoms with Gasteiger partial charge in [0.25, 0.3) is 0 Å². The summed E-state index contributed by atoms with van der Waals surface area (Å²) in [5.41, 5.74) is 0. The lowest BCUT2D eigenvalue weighted by Crippen LogP contribution is -2.31. The Labute approximate surface area is 114 Å². The van der Waals surface area contributed by atoms with Gasteiger partial charge in [-0.1, -0.05) is 20.3 Å². The van der Waals surface area contributed by atoms with Crippen LogP contribution in [0.25, 0.3) is 0 Å². The van der Waals surface area contributed by atoms with Crippen molar-refractivity contribution >= 4 is 21.4 Å². The average Bonchev–Trinajstić information content (AvgIpc) is 2.78. The van der Waals surface area contributed by atoms with Crippen molar-refractivity contribution in [2.24, 2.45) is 5.92 Å². The first-order chi connectivity index (χ1) is 8.43. The molecule has 0 saturated carbocycles. The molecule has 1 aromatic rings. The third-order valence-electron chi connectivity index (χ3n) is 3.00. The molecule has 0 saturated heterocycles. The molecule has 0 radical (unpaired) electrons. The topological polar surface area (TPSA) is 49.4 Å². The maximum Gasteiger partial charge on any atom is 0.243 e. The molecule has 1 unspecified atom stereocenters. The van der Waals surface area contributed by atoms with E-state index in [1.54, 1.807) is 13.1 Å². The van der Waals surface area contributed by atoms with E-state index in [0.717, 1.165) is 11.3 Å². The maximum atomic E-state index is 12.4. The van der Waals surface area contributed by atoms with Crippen LogP contribution in [0.5, 0.6) is 0 Å². The van der Waals surface area contributed by atoms with Crippen molar-refractivity contribution in [3.63, 3.8) is 0 Å². The van der Waals surface area contributed by atoms with Gasteiger partial charge in [-0.25, -0.2) is 12.7 Å². The standard InChI is InChI=1S/C12H22N2O2S2/c1-5-10(2)9-14(4)18(15,16)12-6-7-17-11(12)8-13-3/h6-7,10,13H,5,8-9H2,1-4H3. The third kappa shape index (κ3) is 3.54. The molecule has 4 nitrogen and oxygen atoms in total. The zero-order chi connectivity index (χ0) is 13.8. The van der Waals surface area contributed by atoms with Crippen molar-refractivity contribution in [2.75, 3.05) is 20.6 Å². The first-order valence-corrected chi connectivity index (χ1v) is 8.42. The van der Waals surface area contributed by atoms with E-state index in [1.807, 2.05) is 12.4 Å². The summed E-state index contributed by atoms with van der Waals surface area (Å²) in [6, 6.07) is 1.69. The highest BCUT2D eigenvalue weighted by molar-refractivity contribution is 7.89. The van der Waals surface area contributed by atoms with E-state index in [4.69, 9.17) is 0 Å². The summed E-state index contributed by atoms with van der Waals surface area (Å²) in [4.78, 5) is 1.31. The number of hydrogen-bond donors (Lipinski definition) is 1. The lowest BCUT2D eigenvalue weighted by atomic mass is 10.1. The minimum atomic E-state index is -3.35. The summed E-state index contributed by atoms with van der Waals surface area (Å²) in [5.74, 6) is 0.371. The quantitative estimate of drug-likeness (QED) is 0.837. The molecule has 0 aromatic carbocycles. The Morgan fingerprint density at radius 3 is 2.72 bits per heavy atom. The maximum absolute atomic E-state index is 12.4. The molecule has 0 aliphatic heterocycles. The van der Waals surface area contributed by atoms with Crippen LogP contribution in [0.3, 0.4) is 0 Å². The van der Waals surface area contributed by atoms with Crippen molar-refractivity contribution in [1.29, 1.82) is 0 Å². The fourth-order valence-electron chi connectivity index (χ4n) is 1.68. The fraction of sp³-hybridized carbons (Fsp3) is 0.667. The van der Waals surface area contributed by atoms with Crippen LogP contribution in [0.2, 0.25) is 0 Å². The number of thiophene rings is 1. The second-order valence-electron chi connectivity index (χ2n) is 4.54. The molecule has 1 rings (SSSR count). The first kappa shape index (κ1) is 15.6. The second-order valence-corrected chi connectivity index (χ2v) is 7.55. The van der Waals surface area contributed by atoms with E-state index in [1.165, 1.54) is 15.6 Å². The highest BCUT2D eigenvalue weighted by Gasteiger charge is 2.25. The first-order valence-electron chi connectivity index (χ1n) is 6.10. The van der Waals surface area contributed by atoms with E-state index in [0.29, 0.717) is 23.9 Å². The normalized spacial score (nSPS) is 14.1. The molecule has 0 spiro atoms. The van der Waals surface area contributed by atoms with Crippen molar-refractivity contribution in [2.45, 2.75) is 31.7 Å². The lowest BCUT2D eigenvalue weighted by molar-refractivity contribution is 0.393. The Morgan fingerprint density at radius 1 is 1.50 bits per heavy atom. The summed E-state index contributed by atoms with van der Waals surface area (Å²) in [6.45, 7) is 5.29. The second kappa shape index (κ2) is 6.65. The Bertz CT molecular complexity index is 468. The molecular formula is C12H22N2O2S2. The smallest absolute Gasteiger partial charge is 0.243 e. The average molecular weight is 290 g/mol. The number of nitrogens with zero attached hydrogens (tertiary/aromatic N) is 1. The molecule has 0 amide bonds. The van der Waals surface area contributed by atoms with E-state index in [-0.39, 0.29) is 0 Å². The molecule has 0 bridgehead atoms. The molecule has 1 atom stereocenters. The predicted molar refractivity (Wildman–Crippen MR) is 76.4 cm³/mol. The van der Waals surface area contributed by atoms with Gasteiger partial charge in [0.1, 0.15) is 0 Å². The Hall–Kier alpha value is -0.430. The van der Waals surface area contributed by atoms with Crippen LogP contribution in [0.1, 0.15) is 25.1 Å². The number of nitrogens with one attached hydrogen (secondary N) is 1. The van der Waals surface area contributed by atoms with Gasteiger partial charge in [0.15, 0.2) is 0 Å². The van der Waals surface area contributed by atoms with Gasteiger partial charge in [0.05, 0.1) is 4.90 Å². The lowest BCUT2D eigenvalue weighted by Gasteiger charge is -2.20. The van der Waals surface area contributed by atoms with Crippen LogP contribution >= 0.6 is 11.3 Å². The molecule has 1 heterocycles. The van der Waals surface area contributed by atoms with Crippen LogP contribution in [0.15, 0.2) is 16.3 Å². The van der Waals surface area contributed by atoms with E-state index < -0.39 is 10.0 Å². The Kier molecular flexibility index (Phi) is 5.78.